The fraction of sp³-hybridized carbons (Fsp3) is 0.0556. The van der Waals surface area contributed by atoms with E-state index in [-0.39, 0.29) is 10.6 Å². The molecule has 0 radical (unpaired) electrons. The zero-order valence-corrected chi connectivity index (χ0v) is 15.4. The van der Waals surface area contributed by atoms with E-state index in [1.54, 1.807) is 13.0 Å². The number of anilines is 1. The standard InChI is InChI=1S/C18H11ClF2N4OS/c1-9-6-16(23-17(26)10-7-12(20)13(21)8-11(10)19)25(24-9)18-22-14-4-2-3-5-15(14)27-18/h2-8H,1H3,(H,23,26). The van der Waals surface area contributed by atoms with Gasteiger partial charge in [-0.15, -0.1) is 0 Å². The molecule has 0 saturated carbocycles. The second-order valence-corrected chi connectivity index (χ2v) is 7.16. The molecule has 2 heterocycles. The third-order valence-corrected chi connectivity index (χ3v) is 5.12. The van der Waals surface area contributed by atoms with E-state index >= 15 is 0 Å². The second kappa shape index (κ2) is 6.71. The van der Waals surface area contributed by atoms with Gasteiger partial charge in [-0.3, -0.25) is 4.79 Å². The summed E-state index contributed by atoms with van der Waals surface area (Å²) < 4.78 is 29.2. The van der Waals surface area contributed by atoms with Crippen molar-refractivity contribution in [2.75, 3.05) is 5.32 Å². The SMILES string of the molecule is Cc1cc(NC(=O)c2cc(F)c(F)cc2Cl)n(-c2nc3ccccc3s2)n1. The van der Waals surface area contributed by atoms with Crippen LogP contribution < -0.4 is 5.32 Å². The van der Waals surface area contributed by atoms with Gasteiger partial charge in [0.2, 0.25) is 5.13 Å². The lowest BCUT2D eigenvalue weighted by atomic mass is 10.2. The van der Waals surface area contributed by atoms with Crippen molar-refractivity contribution < 1.29 is 13.6 Å². The lowest BCUT2D eigenvalue weighted by Crippen LogP contribution is -2.16. The van der Waals surface area contributed by atoms with Crippen molar-refractivity contribution >= 4 is 44.9 Å². The molecule has 27 heavy (non-hydrogen) atoms. The van der Waals surface area contributed by atoms with Gasteiger partial charge in [0.1, 0.15) is 5.82 Å². The van der Waals surface area contributed by atoms with Crippen molar-refractivity contribution in [2.45, 2.75) is 6.92 Å². The van der Waals surface area contributed by atoms with Gasteiger partial charge in [0.05, 0.1) is 26.5 Å². The number of aryl methyl sites for hydroxylation is 1. The Kier molecular flexibility index (Phi) is 4.37. The number of benzene rings is 2. The maximum atomic E-state index is 13.5. The summed E-state index contributed by atoms with van der Waals surface area (Å²) in [7, 11) is 0. The number of rotatable bonds is 3. The lowest BCUT2D eigenvalue weighted by molar-refractivity contribution is 0.102. The van der Waals surface area contributed by atoms with Crippen LogP contribution in [-0.4, -0.2) is 20.7 Å². The van der Waals surface area contributed by atoms with E-state index in [9.17, 15) is 13.6 Å². The number of nitrogens with one attached hydrogen (secondary N) is 1. The monoisotopic (exact) mass is 404 g/mol. The summed E-state index contributed by atoms with van der Waals surface area (Å²) in [6, 6.07) is 10.8. The summed E-state index contributed by atoms with van der Waals surface area (Å²) in [5.41, 5.74) is 1.29. The van der Waals surface area contributed by atoms with Crippen LogP contribution in [0.2, 0.25) is 5.02 Å². The number of fused-ring (bicyclic) bond motifs is 1. The topological polar surface area (TPSA) is 59.8 Å². The Labute approximate surface area is 161 Å². The number of hydrogen-bond donors (Lipinski definition) is 1. The average molecular weight is 405 g/mol. The van der Waals surface area contributed by atoms with Gasteiger partial charge >= 0.3 is 0 Å². The Hall–Kier alpha value is -2.84. The van der Waals surface area contributed by atoms with Gasteiger partial charge in [-0.05, 0) is 31.2 Å². The van der Waals surface area contributed by atoms with E-state index < -0.39 is 17.5 Å². The van der Waals surface area contributed by atoms with E-state index in [1.807, 2.05) is 24.3 Å². The third-order valence-electron chi connectivity index (χ3n) is 3.79. The molecule has 4 rings (SSSR count). The van der Waals surface area contributed by atoms with Gasteiger partial charge in [0.25, 0.3) is 5.91 Å². The van der Waals surface area contributed by atoms with Crippen molar-refractivity contribution in [3.63, 3.8) is 0 Å². The van der Waals surface area contributed by atoms with Gasteiger partial charge in [0, 0.05) is 6.07 Å². The van der Waals surface area contributed by atoms with E-state index in [1.165, 1.54) is 16.0 Å². The van der Waals surface area contributed by atoms with Gasteiger partial charge in [0.15, 0.2) is 11.6 Å². The van der Waals surface area contributed by atoms with Gasteiger partial charge in [-0.25, -0.2) is 13.8 Å². The molecule has 0 fully saturated rings. The van der Waals surface area contributed by atoms with Crippen LogP contribution >= 0.6 is 22.9 Å². The molecule has 0 aliphatic rings. The highest BCUT2D eigenvalue weighted by Crippen LogP contribution is 2.28. The van der Waals surface area contributed by atoms with Crippen molar-refractivity contribution in [3.05, 3.63) is 70.4 Å². The first kappa shape index (κ1) is 17.6. The molecule has 9 heteroatoms. The summed E-state index contributed by atoms with van der Waals surface area (Å²) in [4.78, 5) is 17.0. The maximum absolute atomic E-state index is 13.5. The summed E-state index contributed by atoms with van der Waals surface area (Å²) >= 11 is 7.29. The predicted molar refractivity (Wildman–Crippen MR) is 101 cm³/mol. The Balaban J connectivity index is 1.71. The molecule has 0 aliphatic heterocycles. The molecule has 2 aromatic heterocycles. The third kappa shape index (κ3) is 3.29. The first-order valence-corrected chi connectivity index (χ1v) is 9.00. The van der Waals surface area contributed by atoms with Crippen LogP contribution in [0.4, 0.5) is 14.6 Å². The van der Waals surface area contributed by atoms with E-state index in [4.69, 9.17) is 11.6 Å². The van der Waals surface area contributed by atoms with Gasteiger partial charge in [-0.2, -0.15) is 9.78 Å². The van der Waals surface area contributed by atoms with E-state index in [2.05, 4.69) is 15.4 Å². The molecule has 136 valence electrons. The number of amides is 1. The van der Waals surface area contributed by atoms with Gasteiger partial charge < -0.3 is 5.32 Å². The minimum absolute atomic E-state index is 0.176. The number of carbonyl (C=O) groups is 1. The number of thiazole rings is 1. The molecular formula is C18H11ClF2N4OS. The molecule has 2 aromatic carbocycles. The van der Waals surface area contributed by atoms with Crippen molar-refractivity contribution in [2.24, 2.45) is 0 Å². The van der Waals surface area contributed by atoms with Crippen LogP contribution in [0, 0.1) is 18.6 Å². The molecule has 5 nitrogen and oxygen atoms in total. The minimum Gasteiger partial charge on any atom is -0.306 e. The maximum Gasteiger partial charge on any atom is 0.258 e. The zero-order valence-electron chi connectivity index (χ0n) is 13.8. The highest BCUT2D eigenvalue weighted by molar-refractivity contribution is 7.20. The normalized spacial score (nSPS) is 11.1. The molecule has 0 atom stereocenters. The first-order valence-electron chi connectivity index (χ1n) is 7.81. The van der Waals surface area contributed by atoms with Crippen molar-refractivity contribution in [1.29, 1.82) is 0 Å². The Bertz CT molecular complexity index is 1150. The predicted octanol–water partition coefficient (Wildman–Crippen LogP) is 4.97. The minimum atomic E-state index is -1.15. The summed E-state index contributed by atoms with van der Waals surface area (Å²) in [5, 5.41) is 7.37. The smallest absolute Gasteiger partial charge is 0.258 e. The first-order chi connectivity index (χ1) is 12.9. The fourth-order valence-electron chi connectivity index (χ4n) is 2.57. The van der Waals surface area contributed by atoms with Crippen LogP contribution in [-0.2, 0) is 0 Å². The summed E-state index contributed by atoms with van der Waals surface area (Å²) in [5.74, 6) is -2.61. The number of para-hydroxylation sites is 1. The van der Waals surface area contributed by atoms with E-state index in [0.717, 1.165) is 22.3 Å². The second-order valence-electron chi connectivity index (χ2n) is 5.75. The molecular weight excluding hydrogens is 394 g/mol. The van der Waals surface area contributed by atoms with Crippen LogP contribution in [0.25, 0.3) is 15.3 Å². The molecule has 0 aliphatic carbocycles. The van der Waals surface area contributed by atoms with Crippen LogP contribution in [0.15, 0.2) is 42.5 Å². The number of nitrogens with zero attached hydrogens (tertiary/aromatic N) is 3. The Morgan fingerprint density at radius 2 is 1.93 bits per heavy atom. The number of halogens is 3. The summed E-state index contributed by atoms with van der Waals surface area (Å²) in [6.07, 6.45) is 0. The van der Waals surface area contributed by atoms with Crippen LogP contribution in [0.1, 0.15) is 16.1 Å². The molecule has 0 saturated heterocycles. The Morgan fingerprint density at radius 1 is 1.19 bits per heavy atom. The van der Waals surface area contributed by atoms with Crippen molar-refractivity contribution in [3.8, 4) is 5.13 Å². The highest BCUT2D eigenvalue weighted by Gasteiger charge is 2.19. The number of carbonyl (C=O) groups excluding carboxylic acids is 1. The van der Waals surface area contributed by atoms with Crippen molar-refractivity contribution in [1.82, 2.24) is 14.8 Å². The van der Waals surface area contributed by atoms with Crippen LogP contribution in [0.3, 0.4) is 0 Å². The molecule has 0 bridgehead atoms. The Morgan fingerprint density at radius 3 is 2.70 bits per heavy atom. The highest BCUT2D eigenvalue weighted by atomic mass is 35.5. The molecule has 1 N–H and O–H groups in total. The largest absolute Gasteiger partial charge is 0.306 e. The molecule has 1 amide bonds. The average Bonchev–Trinajstić information content (AvgIpc) is 3.21. The quantitative estimate of drug-likeness (QED) is 0.490. The molecule has 0 spiro atoms. The number of hydrogen-bond acceptors (Lipinski definition) is 4. The van der Waals surface area contributed by atoms with Gasteiger partial charge in [-0.1, -0.05) is 35.1 Å². The summed E-state index contributed by atoms with van der Waals surface area (Å²) in [6.45, 7) is 1.77. The molecule has 0 unspecified atom stereocenters. The lowest BCUT2D eigenvalue weighted by Gasteiger charge is -2.08. The number of aromatic nitrogens is 3. The fourth-order valence-corrected chi connectivity index (χ4v) is 3.73. The van der Waals surface area contributed by atoms with E-state index in [0.29, 0.717) is 16.6 Å². The zero-order chi connectivity index (χ0) is 19.1. The molecule has 4 aromatic rings. The van der Waals surface area contributed by atoms with Crippen LogP contribution in [0.5, 0.6) is 0 Å².